The Labute approximate surface area is 312 Å². The van der Waals surface area contributed by atoms with Crippen molar-refractivity contribution in [3.8, 4) is 11.5 Å². The summed E-state index contributed by atoms with van der Waals surface area (Å²) in [6.45, 7) is 2.49. The molecule has 3 saturated heterocycles. The molecule has 0 aliphatic carbocycles. The molecule has 0 radical (unpaired) electrons. The summed E-state index contributed by atoms with van der Waals surface area (Å²) < 4.78 is 0.479. The van der Waals surface area contributed by atoms with Gasteiger partial charge in [0, 0.05) is 46.6 Å². The van der Waals surface area contributed by atoms with Gasteiger partial charge in [0.1, 0.15) is 29.4 Å². The number of carbonyl (C=O) groups excluding carboxylic acids is 3. The van der Waals surface area contributed by atoms with Crippen LogP contribution in [0.4, 0.5) is 5.13 Å². The van der Waals surface area contributed by atoms with Gasteiger partial charge in [-0.2, -0.15) is 0 Å². The minimum atomic E-state index is -2.05. The van der Waals surface area contributed by atoms with E-state index in [0.29, 0.717) is 36.2 Å². The molecule has 3 fully saturated rings. The molecule has 0 spiro atoms. The number of amides is 3. The maximum Gasteiger partial charge on any atom is 0.352 e. The van der Waals surface area contributed by atoms with Gasteiger partial charge in [-0.05, 0) is 0 Å². The third kappa shape index (κ3) is 6.39. The van der Waals surface area contributed by atoms with E-state index in [2.05, 4.69) is 15.5 Å². The number of phenolic OH excluding ortho intramolecular Hbond substituents is 2. The molecule has 6 heterocycles. The normalized spacial score (nSPS) is 26.6. The number of aliphatic hydroxyl groups excluding tert-OH is 1. The van der Waals surface area contributed by atoms with Crippen LogP contribution in [0.2, 0.25) is 5.02 Å². The fourth-order valence-electron chi connectivity index (χ4n) is 7.76. The smallest absolute Gasteiger partial charge is 0.352 e. The number of oxime groups is 1. The molecule has 3 amide bonds. The Morgan fingerprint density at radius 2 is 1.98 bits per heavy atom. The van der Waals surface area contributed by atoms with Crippen molar-refractivity contribution in [3.05, 3.63) is 44.6 Å². The highest BCUT2D eigenvalue weighted by Crippen LogP contribution is 2.52. The van der Waals surface area contributed by atoms with Gasteiger partial charge in [-0.25, -0.2) is 14.6 Å². The zero-order valence-electron chi connectivity index (χ0n) is 27.4. The predicted molar refractivity (Wildman–Crippen MR) is 184 cm³/mol. The largest absolute Gasteiger partial charge is 0.504 e. The zero-order chi connectivity index (χ0) is 38.1. The fourth-order valence-corrected chi connectivity index (χ4v) is 10.4. The van der Waals surface area contributed by atoms with Crippen LogP contribution in [0.3, 0.4) is 0 Å². The van der Waals surface area contributed by atoms with Crippen LogP contribution in [0.25, 0.3) is 0 Å². The lowest BCUT2D eigenvalue weighted by molar-refractivity contribution is -0.915. The number of benzene rings is 1. The minimum Gasteiger partial charge on any atom is -0.504 e. The molecular formula is C31H33ClN7O12S2+. The van der Waals surface area contributed by atoms with Gasteiger partial charge >= 0.3 is 11.9 Å². The first-order chi connectivity index (χ1) is 25.1. The number of phenols is 2. The lowest BCUT2D eigenvalue weighted by Crippen LogP contribution is -2.72. The van der Waals surface area contributed by atoms with E-state index in [0.717, 1.165) is 28.7 Å². The molecule has 0 saturated carbocycles. The summed E-state index contributed by atoms with van der Waals surface area (Å²) >= 11 is 8.54. The molecule has 19 nitrogen and oxygen atoms in total. The van der Waals surface area contributed by atoms with Crippen molar-refractivity contribution in [2.75, 3.05) is 38.5 Å². The number of hydrogen-bond acceptors (Lipinski definition) is 15. The van der Waals surface area contributed by atoms with Crippen LogP contribution in [-0.4, -0.2) is 147 Å². The number of aliphatic hydroxyl groups is 2. The number of thiazole rings is 1. The summed E-state index contributed by atoms with van der Waals surface area (Å²) in [7, 11) is 0. The molecule has 5 aliphatic rings. The number of anilines is 1. The number of aliphatic carboxylic acids is 2. The summed E-state index contributed by atoms with van der Waals surface area (Å²) in [6.07, 6.45) is -3.93. The Hall–Kier alpha value is -4.67. The number of thioether (sulfide) groups is 1. The van der Waals surface area contributed by atoms with Crippen molar-refractivity contribution < 1.29 is 63.9 Å². The number of quaternary nitrogens is 1. The Balaban J connectivity index is 1.09. The Morgan fingerprint density at radius 3 is 2.64 bits per heavy atom. The summed E-state index contributed by atoms with van der Waals surface area (Å²) in [6, 6.07) is -0.0648. The molecule has 6 atom stereocenters. The van der Waals surface area contributed by atoms with Crippen molar-refractivity contribution in [1.82, 2.24) is 20.1 Å². The summed E-state index contributed by atoms with van der Waals surface area (Å²) in [5, 5.41) is 65.2. The van der Waals surface area contributed by atoms with Gasteiger partial charge in [0.15, 0.2) is 28.6 Å². The zero-order valence-corrected chi connectivity index (χ0v) is 29.8. The number of aromatic nitrogens is 1. The van der Waals surface area contributed by atoms with Crippen molar-refractivity contribution >= 4 is 75.2 Å². The number of nitrogens with zero attached hydrogens (tertiary/aromatic N) is 5. The fraction of sp³-hybridized carbons (Fsp3) is 0.452. The third-order valence-corrected chi connectivity index (χ3v) is 12.9. The minimum absolute atomic E-state index is 0.0209. The molecule has 53 heavy (non-hydrogen) atoms. The predicted octanol–water partition coefficient (Wildman–Crippen LogP) is -0.722. The van der Waals surface area contributed by atoms with Gasteiger partial charge in [-0.1, -0.05) is 16.8 Å². The van der Waals surface area contributed by atoms with Crippen molar-refractivity contribution in [3.63, 3.8) is 0 Å². The van der Waals surface area contributed by atoms with Gasteiger partial charge in [-0.3, -0.25) is 19.3 Å². The highest BCUT2D eigenvalue weighted by atomic mass is 35.5. The molecule has 2 aromatic rings. The molecule has 22 heteroatoms. The highest BCUT2D eigenvalue weighted by Gasteiger charge is 2.61. The van der Waals surface area contributed by atoms with E-state index in [1.165, 1.54) is 22.0 Å². The number of rotatable bonds is 12. The van der Waals surface area contributed by atoms with E-state index in [-0.39, 0.29) is 62.8 Å². The molecule has 7 rings (SSSR count). The number of piperidine rings is 1. The Morgan fingerprint density at radius 1 is 1.23 bits per heavy atom. The number of carbonyl (C=O) groups is 5. The lowest BCUT2D eigenvalue weighted by atomic mass is 9.90. The Kier molecular flexibility index (Phi) is 9.43. The second kappa shape index (κ2) is 13.6. The number of nitrogen functional groups attached to an aromatic ring is 1. The SMILES string of the molecule is Nc1nc(C(=NOC(CC(O)O)C(=O)O)C(=O)NC2C(=O)N3C(C(=O)O)=C4C[N+]5(CCN6Cc7c(O)c(O)cc(Cl)c7C6=O)CCC(C5)C4SC23)cs1. The van der Waals surface area contributed by atoms with Gasteiger partial charge < -0.3 is 55.9 Å². The number of fused-ring (bicyclic) bond motifs is 6. The standard InChI is InChI=1S/C31H32ClN7O12S2/c32-14-5-16(40)23(43)12-7-37(26(45)19(12)14)2-4-39-3-1-11(8-39)24-13(9-39)22(30(49)50)38-27(46)21(28(38)53-24)35-25(44)20(15-10-52-31(33)34-15)36-51-17(29(47)48)6-18(41)42/h5,10-11,17-18,21,24,28,41-42H,1-4,6-9H2,(H6-,33,34,35,36,40,43,44,45,47,48,49,50)/p+1. The summed E-state index contributed by atoms with van der Waals surface area (Å²) in [4.78, 5) is 76.4. The maximum absolute atomic E-state index is 13.6. The number of nitrogens with one attached hydrogen (secondary N) is 1. The van der Waals surface area contributed by atoms with E-state index in [1.54, 1.807) is 0 Å². The lowest BCUT2D eigenvalue weighted by Gasteiger charge is -2.54. The van der Waals surface area contributed by atoms with Gasteiger partial charge in [0.2, 0.25) is 6.10 Å². The molecule has 282 valence electrons. The average Bonchev–Trinajstić information content (AvgIpc) is 3.79. The van der Waals surface area contributed by atoms with Crippen molar-refractivity contribution in [2.45, 2.75) is 48.4 Å². The maximum atomic E-state index is 13.6. The van der Waals surface area contributed by atoms with Crippen molar-refractivity contribution in [1.29, 1.82) is 0 Å². The number of hydrogen-bond donors (Lipinski definition) is 8. The number of carboxylic acids is 2. The van der Waals surface area contributed by atoms with Crippen LogP contribution in [0.15, 0.2) is 27.9 Å². The van der Waals surface area contributed by atoms with Gasteiger partial charge in [0.05, 0.1) is 43.3 Å². The van der Waals surface area contributed by atoms with Crippen LogP contribution in [-0.2, 0) is 30.6 Å². The average molecular weight is 795 g/mol. The van der Waals surface area contributed by atoms with Crippen LogP contribution in [0, 0.1) is 5.92 Å². The highest BCUT2D eigenvalue weighted by molar-refractivity contribution is 8.01. The second-order valence-corrected chi connectivity index (χ2v) is 16.0. The van der Waals surface area contributed by atoms with Gasteiger partial charge in [0.25, 0.3) is 17.7 Å². The van der Waals surface area contributed by atoms with Crippen LogP contribution in [0.1, 0.15) is 34.5 Å². The summed E-state index contributed by atoms with van der Waals surface area (Å²) in [5.74, 6) is -5.75. The van der Waals surface area contributed by atoms with E-state index in [9.17, 15) is 54.6 Å². The molecular weight excluding hydrogens is 762 g/mol. The topological polar surface area (TPSA) is 286 Å². The molecule has 1 aromatic carbocycles. The van der Waals surface area contributed by atoms with Crippen molar-refractivity contribution in [2.24, 2.45) is 11.1 Å². The summed E-state index contributed by atoms with van der Waals surface area (Å²) in [5.41, 5.74) is 5.90. The third-order valence-electron chi connectivity index (χ3n) is 10.2. The Bertz CT molecular complexity index is 2010. The molecule has 9 N–H and O–H groups in total. The number of β-lactam (4-membered cyclic amide) rings is 1. The number of aromatic hydroxyl groups is 2. The first-order valence-electron chi connectivity index (χ1n) is 16.3. The molecule has 2 bridgehead atoms. The number of halogens is 1. The first kappa shape index (κ1) is 36.7. The van der Waals surface area contributed by atoms with Crippen LogP contribution in [0.5, 0.6) is 11.5 Å². The van der Waals surface area contributed by atoms with E-state index in [4.69, 9.17) is 22.2 Å². The first-order valence-corrected chi connectivity index (χ1v) is 18.5. The number of nitrogens with two attached hydrogens (primary N) is 1. The van der Waals surface area contributed by atoms with E-state index < -0.39 is 71.2 Å². The molecule has 6 unspecified atom stereocenters. The molecule has 5 aliphatic heterocycles. The van der Waals surface area contributed by atoms with Crippen LogP contribution >= 0.6 is 34.7 Å². The monoisotopic (exact) mass is 794 g/mol. The van der Waals surface area contributed by atoms with Gasteiger partial charge in [-0.15, -0.1) is 23.1 Å². The van der Waals surface area contributed by atoms with Crippen LogP contribution < -0.4 is 11.1 Å². The molecule has 1 aromatic heterocycles. The van der Waals surface area contributed by atoms with E-state index >= 15 is 0 Å². The number of carboxylic acid groups (broad SMARTS) is 2. The second-order valence-electron chi connectivity index (χ2n) is 13.4. The quantitative estimate of drug-likeness (QED) is 0.0329. The van der Waals surface area contributed by atoms with E-state index in [1.807, 2.05) is 0 Å².